The van der Waals surface area contributed by atoms with Gasteiger partial charge in [0.1, 0.15) is 0 Å². The molecule has 0 saturated heterocycles. The fourth-order valence-corrected chi connectivity index (χ4v) is 2.56. The molecule has 5 heteroatoms. The molecule has 118 valence electrons. The van der Waals surface area contributed by atoms with Crippen molar-refractivity contribution >= 4 is 22.5 Å². The lowest BCUT2D eigenvalue weighted by molar-refractivity contribution is 0.0996. The van der Waals surface area contributed by atoms with Gasteiger partial charge >= 0.3 is 0 Å². The van der Waals surface area contributed by atoms with Crippen LogP contribution in [-0.2, 0) is 5.41 Å². The van der Waals surface area contributed by atoms with Gasteiger partial charge in [0.05, 0.1) is 11.8 Å². The lowest BCUT2D eigenvalue weighted by Crippen LogP contribution is -2.17. The van der Waals surface area contributed by atoms with Crippen molar-refractivity contribution in [3.8, 4) is 0 Å². The van der Waals surface area contributed by atoms with E-state index in [1.165, 1.54) is 6.26 Å². The fraction of sp³-hybridized carbons (Fsp3) is 0.222. The summed E-state index contributed by atoms with van der Waals surface area (Å²) in [7, 11) is 0. The Balaban J connectivity index is 2.03. The fourth-order valence-electron chi connectivity index (χ4n) is 2.56. The first-order valence-corrected chi connectivity index (χ1v) is 7.37. The molecule has 1 aromatic carbocycles. The van der Waals surface area contributed by atoms with E-state index >= 15 is 0 Å². The van der Waals surface area contributed by atoms with Gasteiger partial charge in [0.2, 0.25) is 5.56 Å². The number of hydrogen-bond acceptors (Lipinski definition) is 3. The molecule has 23 heavy (non-hydrogen) atoms. The van der Waals surface area contributed by atoms with E-state index in [-0.39, 0.29) is 22.6 Å². The minimum atomic E-state index is -0.330. The Morgan fingerprint density at radius 1 is 1.17 bits per heavy atom. The number of aromatic amines is 1. The minimum Gasteiger partial charge on any atom is -0.459 e. The second-order valence-electron chi connectivity index (χ2n) is 6.49. The summed E-state index contributed by atoms with van der Waals surface area (Å²) in [5.74, 6) is -0.0919. The van der Waals surface area contributed by atoms with Crippen molar-refractivity contribution in [3.05, 3.63) is 64.3 Å². The third kappa shape index (κ3) is 3.04. The Labute approximate surface area is 133 Å². The maximum Gasteiger partial charge on any atom is 0.291 e. The number of amides is 1. The molecule has 0 saturated carbocycles. The summed E-state index contributed by atoms with van der Waals surface area (Å²) in [6, 6.07) is 10.4. The Morgan fingerprint density at radius 2 is 1.96 bits per heavy atom. The van der Waals surface area contributed by atoms with Crippen molar-refractivity contribution in [2.45, 2.75) is 26.2 Å². The summed E-state index contributed by atoms with van der Waals surface area (Å²) >= 11 is 0. The lowest BCUT2D eigenvalue weighted by atomic mass is 9.85. The predicted octanol–water partition coefficient (Wildman–Crippen LogP) is 3.67. The number of furan rings is 1. The quantitative estimate of drug-likeness (QED) is 0.758. The zero-order valence-corrected chi connectivity index (χ0v) is 13.3. The molecule has 2 aromatic heterocycles. The van der Waals surface area contributed by atoms with Crippen LogP contribution in [0.15, 0.2) is 51.9 Å². The van der Waals surface area contributed by atoms with Crippen LogP contribution in [0.1, 0.15) is 36.9 Å². The second-order valence-corrected chi connectivity index (χ2v) is 6.49. The summed E-state index contributed by atoms with van der Waals surface area (Å²) in [5, 5.41) is 3.73. The molecule has 5 nitrogen and oxygen atoms in total. The zero-order valence-electron chi connectivity index (χ0n) is 13.3. The van der Waals surface area contributed by atoms with Crippen LogP contribution < -0.4 is 10.9 Å². The van der Waals surface area contributed by atoms with Crippen LogP contribution in [0.5, 0.6) is 0 Å². The van der Waals surface area contributed by atoms with Crippen molar-refractivity contribution in [2.24, 2.45) is 0 Å². The van der Waals surface area contributed by atoms with E-state index in [1.807, 2.05) is 12.1 Å². The van der Waals surface area contributed by atoms with E-state index in [0.29, 0.717) is 11.2 Å². The number of aromatic nitrogens is 1. The minimum absolute atomic E-state index is 0.147. The average Bonchev–Trinajstić information content (AvgIpc) is 2.99. The molecule has 3 rings (SSSR count). The van der Waals surface area contributed by atoms with Crippen molar-refractivity contribution < 1.29 is 9.21 Å². The number of pyridine rings is 1. The summed E-state index contributed by atoms with van der Waals surface area (Å²) in [4.78, 5) is 26.8. The molecule has 1 amide bonds. The van der Waals surface area contributed by atoms with Gasteiger partial charge < -0.3 is 14.7 Å². The van der Waals surface area contributed by atoms with Crippen LogP contribution in [0.25, 0.3) is 10.9 Å². The average molecular weight is 310 g/mol. The highest BCUT2D eigenvalue weighted by molar-refractivity contribution is 6.03. The van der Waals surface area contributed by atoms with Crippen LogP contribution in [-0.4, -0.2) is 10.9 Å². The Hall–Kier alpha value is -2.82. The lowest BCUT2D eigenvalue weighted by Gasteiger charge is -2.21. The number of carbonyl (C=O) groups excluding carboxylic acids is 1. The van der Waals surface area contributed by atoms with Gasteiger partial charge in [-0.15, -0.1) is 0 Å². The summed E-state index contributed by atoms with van der Waals surface area (Å²) in [6.45, 7) is 6.19. The zero-order chi connectivity index (χ0) is 16.6. The van der Waals surface area contributed by atoms with Gasteiger partial charge in [-0.25, -0.2) is 0 Å². The van der Waals surface area contributed by atoms with Crippen LogP contribution >= 0.6 is 0 Å². The standard InChI is InChI=1S/C18H18N2O3/c1-18(2,3)13-10-16(21)20-14-9-11(6-7-12(13)14)19-17(22)15-5-4-8-23-15/h4-10H,1-3H3,(H,19,22)(H,20,21). The van der Waals surface area contributed by atoms with Crippen LogP contribution in [0.4, 0.5) is 5.69 Å². The van der Waals surface area contributed by atoms with Crippen molar-refractivity contribution in [3.63, 3.8) is 0 Å². The summed E-state index contributed by atoms with van der Waals surface area (Å²) in [6.07, 6.45) is 1.45. The third-order valence-electron chi connectivity index (χ3n) is 3.65. The van der Waals surface area contributed by atoms with Crippen molar-refractivity contribution in [2.75, 3.05) is 5.32 Å². The molecule has 0 spiro atoms. The highest BCUT2D eigenvalue weighted by Gasteiger charge is 2.18. The molecule has 0 aliphatic rings. The molecular formula is C18H18N2O3. The molecule has 0 aliphatic heterocycles. The largest absolute Gasteiger partial charge is 0.459 e. The van der Waals surface area contributed by atoms with E-state index in [9.17, 15) is 9.59 Å². The number of nitrogens with one attached hydrogen (secondary N) is 2. The molecule has 0 unspecified atom stereocenters. The molecular weight excluding hydrogens is 292 g/mol. The maximum atomic E-state index is 12.0. The van der Waals surface area contributed by atoms with Gasteiger partial charge in [-0.3, -0.25) is 9.59 Å². The topological polar surface area (TPSA) is 75.1 Å². The maximum absolute atomic E-state index is 12.0. The van der Waals surface area contributed by atoms with Crippen LogP contribution in [0.2, 0.25) is 0 Å². The predicted molar refractivity (Wildman–Crippen MR) is 89.9 cm³/mol. The normalized spacial score (nSPS) is 11.6. The molecule has 0 aliphatic carbocycles. The van der Waals surface area contributed by atoms with Gasteiger partial charge in [-0.05, 0) is 35.2 Å². The first-order valence-electron chi connectivity index (χ1n) is 7.37. The number of hydrogen-bond donors (Lipinski definition) is 2. The number of H-pyrrole nitrogens is 1. The number of carbonyl (C=O) groups is 1. The first kappa shape index (κ1) is 15.1. The molecule has 2 heterocycles. The van der Waals surface area contributed by atoms with E-state index in [4.69, 9.17) is 4.42 Å². The number of rotatable bonds is 2. The third-order valence-corrected chi connectivity index (χ3v) is 3.65. The monoisotopic (exact) mass is 310 g/mol. The number of fused-ring (bicyclic) bond motifs is 1. The van der Waals surface area contributed by atoms with Gasteiger partial charge in [0.15, 0.2) is 5.76 Å². The van der Waals surface area contributed by atoms with Crippen LogP contribution in [0, 0.1) is 0 Å². The first-order chi connectivity index (χ1) is 10.8. The number of benzene rings is 1. The van der Waals surface area contributed by atoms with Crippen molar-refractivity contribution in [1.82, 2.24) is 4.98 Å². The highest BCUT2D eigenvalue weighted by atomic mass is 16.3. The van der Waals surface area contributed by atoms with E-state index in [2.05, 4.69) is 31.1 Å². The van der Waals surface area contributed by atoms with Crippen LogP contribution in [0.3, 0.4) is 0 Å². The molecule has 3 aromatic rings. The summed E-state index contributed by atoms with van der Waals surface area (Å²) in [5.41, 5.74) is 1.96. The van der Waals surface area contributed by atoms with E-state index < -0.39 is 0 Å². The molecule has 0 bridgehead atoms. The summed E-state index contributed by atoms with van der Waals surface area (Å²) < 4.78 is 5.07. The Bertz CT molecular complexity index is 916. The molecule has 2 N–H and O–H groups in total. The van der Waals surface area contributed by atoms with Gasteiger partial charge in [-0.2, -0.15) is 0 Å². The smallest absolute Gasteiger partial charge is 0.291 e. The second kappa shape index (κ2) is 5.43. The highest BCUT2D eigenvalue weighted by Crippen LogP contribution is 2.29. The van der Waals surface area contributed by atoms with E-state index in [0.717, 1.165) is 10.9 Å². The Morgan fingerprint density at radius 3 is 2.61 bits per heavy atom. The van der Waals surface area contributed by atoms with Crippen molar-refractivity contribution in [1.29, 1.82) is 0 Å². The molecule has 0 radical (unpaired) electrons. The van der Waals surface area contributed by atoms with Gasteiger partial charge in [0.25, 0.3) is 5.91 Å². The molecule has 0 atom stereocenters. The van der Waals surface area contributed by atoms with Gasteiger partial charge in [-0.1, -0.05) is 26.8 Å². The SMILES string of the molecule is CC(C)(C)c1cc(=O)[nH]c2cc(NC(=O)c3ccco3)ccc12. The number of anilines is 1. The molecule has 0 fully saturated rings. The van der Waals surface area contributed by atoms with E-state index in [1.54, 1.807) is 24.3 Å². The van der Waals surface area contributed by atoms with Gasteiger partial charge in [0, 0.05) is 17.1 Å². The Kier molecular flexibility index (Phi) is 3.56.